The minimum Gasteiger partial charge on any atom is -0.323 e. The highest BCUT2D eigenvalue weighted by molar-refractivity contribution is 7.52. The molecule has 0 radical (unpaired) electrons. The number of benzene rings is 2. The van der Waals surface area contributed by atoms with Gasteiger partial charge in [-0.3, -0.25) is 9.88 Å². The minimum absolute atomic E-state index is 0.000757. The normalized spacial score (nSPS) is 13.1. The third kappa shape index (κ3) is 3.99. The second-order valence-electron chi connectivity index (χ2n) is 4.97. The molecule has 4 nitrogen and oxygen atoms in total. The third-order valence-corrected chi connectivity index (χ3v) is 4.50. The average Bonchev–Trinajstić information content (AvgIpc) is 2.43. The summed E-state index contributed by atoms with van der Waals surface area (Å²) in [6.45, 7) is 2.07. The molecule has 118 valence electrons. The molecular formula is C15H16F2NO3P. The smallest absolute Gasteiger partial charge is 0.323 e. The highest BCUT2D eigenvalue weighted by Crippen LogP contribution is 2.50. The maximum atomic E-state index is 13.3. The number of halogens is 2. The Morgan fingerprint density at radius 3 is 2.41 bits per heavy atom. The summed E-state index contributed by atoms with van der Waals surface area (Å²) in [6, 6.07) is 10.2. The van der Waals surface area contributed by atoms with Crippen molar-refractivity contribution in [2.45, 2.75) is 19.3 Å². The van der Waals surface area contributed by atoms with Crippen molar-refractivity contribution >= 4 is 7.60 Å². The van der Waals surface area contributed by atoms with Crippen LogP contribution >= 0.6 is 7.60 Å². The van der Waals surface area contributed by atoms with E-state index >= 15 is 0 Å². The Hall–Kier alpha value is -1.59. The van der Waals surface area contributed by atoms with Gasteiger partial charge in [0, 0.05) is 6.54 Å². The summed E-state index contributed by atoms with van der Waals surface area (Å²) in [7, 11) is -4.59. The molecule has 0 saturated carbocycles. The molecule has 2 aromatic rings. The van der Waals surface area contributed by atoms with Crippen molar-refractivity contribution < 1.29 is 23.1 Å². The molecule has 3 N–H and O–H groups in total. The summed E-state index contributed by atoms with van der Waals surface area (Å²) in [5, 5.41) is 2.73. The van der Waals surface area contributed by atoms with Crippen LogP contribution in [0, 0.1) is 18.6 Å². The molecule has 0 aliphatic carbocycles. The minimum atomic E-state index is -4.59. The van der Waals surface area contributed by atoms with E-state index in [0.717, 1.165) is 29.3 Å². The van der Waals surface area contributed by atoms with Crippen LogP contribution in [-0.2, 0) is 11.1 Å². The van der Waals surface area contributed by atoms with E-state index in [1.165, 1.54) is 0 Å². The molecular weight excluding hydrogens is 311 g/mol. The quantitative estimate of drug-likeness (QED) is 0.738. The van der Waals surface area contributed by atoms with Gasteiger partial charge >= 0.3 is 7.60 Å². The van der Waals surface area contributed by atoms with Gasteiger partial charge in [-0.15, -0.1) is 0 Å². The predicted molar refractivity (Wildman–Crippen MR) is 79.2 cm³/mol. The van der Waals surface area contributed by atoms with Gasteiger partial charge in [-0.25, -0.2) is 8.78 Å². The lowest BCUT2D eigenvalue weighted by molar-refractivity contribution is 0.347. The molecule has 0 spiro atoms. The zero-order valence-electron chi connectivity index (χ0n) is 11.8. The van der Waals surface area contributed by atoms with Crippen molar-refractivity contribution in [2.24, 2.45) is 0 Å². The second-order valence-corrected chi connectivity index (χ2v) is 6.67. The van der Waals surface area contributed by atoms with Gasteiger partial charge in [0.2, 0.25) is 0 Å². The van der Waals surface area contributed by atoms with Gasteiger partial charge < -0.3 is 9.79 Å². The van der Waals surface area contributed by atoms with Gasteiger partial charge in [-0.2, -0.15) is 0 Å². The van der Waals surface area contributed by atoms with Crippen LogP contribution in [0.5, 0.6) is 0 Å². The van der Waals surface area contributed by atoms with Crippen LogP contribution in [0.4, 0.5) is 8.78 Å². The molecule has 0 aliphatic heterocycles. The molecule has 22 heavy (non-hydrogen) atoms. The van der Waals surface area contributed by atoms with Crippen LogP contribution in [0.2, 0.25) is 0 Å². The summed E-state index contributed by atoms with van der Waals surface area (Å²) in [5.41, 5.74) is 1.83. The second kappa shape index (κ2) is 6.67. The van der Waals surface area contributed by atoms with E-state index in [1.54, 1.807) is 0 Å². The largest absolute Gasteiger partial charge is 0.346 e. The van der Waals surface area contributed by atoms with E-state index in [9.17, 15) is 23.1 Å². The number of hydrogen-bond donors (Lipinski definition) is 3. The van der Waals surface area contributed by atoms with Gasteiger partial charge in [0.15, 0.2) is 11.6 Å². The summed E-state index contributed by atoms with van der Waals surface area (Å²) in [6.07, 6.45) is 0. The molecule has 0 saturated heterocycles. The van der Waals surface area contributed by atoms with E-state index in [1.807, 2.05) is 31.2 Å². The lowest BCUT2D eigenvalue weighted by Gasteiger charge is -2.21. The summed E-state index contributed by atoms with van der Waals surface area (Å²) >= 11 is 0. The fourth-order valence-corrected chi connectivity index (χ4v) is 3.01. The van der Waals surface area contributed by atoms with Crippen LogP contribution in [-0.4, -0.2) is 9.79 Å². The van der Waals surface area contributed by atoms with Gasteiger partial charge in [0.05, 0.1) is 0 Å². The van der Waals surface area contributed by atoms with Gasteiger partial charge in [-0.05, 0) is 35.7 Å². The van der Waals surface area contributed by atoms with Gasteiger partial charge in [-0.1, -0.05) is 30.3 Å². The summed E-state index contributed by atoms with van der Waals surface area (Å²) in [5.74, 6) is -3.61. The molecule has 0 bridgehead atoms. The average molecular weight is 327 g/mol. The van der Waals surface area contributed by atoms with E-state index in [2.05, 4.69) is 5.32 Å². The number of hydrogen-bond acceptors (Lipinski definition) is 2. The van der Waals surface area contributed by atoms with E-state index in [-0.39, 0.29) is 12.1 Å². The molecule has 0 unspecified atom stereocenters. The van der Waals surface area contributed by atoms with E-state index in [4.69, 9.17) is 0 Å². The molecule has 2 aromatic carbocycles. The lowest BCUT2D eigenvalue weighted by atomic mass is 10.1. The lowest BCUT2D eigenvalue weighted by Crippen LogP contribution is -2.21. The van der Waals surface area contributed by atoms with E-state index in [0.29, 0.717) is 0 Å². The Morgan fingerprint density at radius 2 is 1.82 bits per heavy atom. The fraction of sp³-hybridized carbons (Fsp3) is 0.200. The predicted octanol–water partition coefficient (Wildman–Crippen LogP) is 3.24. The molecule has 0 heterocycles. The van der Waals surface area contributed by atoms with Crippen LogP contribution in [0.15, 0.2) is 42.5 Å². The van der Waals surface area contributed by atoms with Crippen molar-refractivity contribution in [1.82, 2.24) is 5.32 Å². The van der Waals surface area contributed by atoms with Crippen molar-refractivity contribution in [3.63, 3.8) is 0 Å². The first-order valence-electron chi connectivity index (χ1n) is 6.57. The Balaban J connectivity index is 2.26. The zero-order valence-corrected chi connectivity index (χ0v) is 12.7. The molecule has 0 fully saturated rings. The Morgan fingerprint density at radius 1 is 1.14 bits per heavy atom. The monoisotopic (exact) mass is 327 g/mol. The van der Waals surface area contributed by atoms with Crippen molar-refractivity contribution in [2.75, 3.05) is 0 Å². The Labute approximate surface area is 127 Å². The van der Waals surface area contributed by atoms with Crippen LogP contribution in [0.1, 0.15) is 22.5 Å². The zero-order chi connectivity index (χ0) is 16.3. The summed E-state index contributed by atoms with van der Waals surface area (Å²) < 4.78 is 37.9. The van der Waals surface area contributed by atoms with Crippen molar-refractivity contribution in [3.05, 3.63) is 70.8 Å². The van der Waals surface area contributed by atoms with Crippen LogP contribution < -0.4 is 5.32 Å². The third-order valence-electron chi connectivity index (χ3n) is 3.34. The highest BCUT2D eigenvalue weighted by Gasteiger charge is 2.30. The standard InChI is InChI=1S/C15H16F2NO3P/c1-10-4-2-3-5-12(10)9-18-15(22(19,20)21)11-6-7-13(16)14(17)8-11/h2-8,15,18H,9H2,1H3,(H2,19,20,21)/t15-/m1/s1. The van der Waals surface area contributed by atoms with Crippen molar-refractivity contribution in [1.29, 1.82) is 0 Å². The number of nitrogens with one attached hydrogen (secondary N) is 1. The Kier molecular flexibility index (Phi) is 5.08. The number of rotatable bonds is 5. The van der Waals surface area contributed by atoms with Gasteiger partial charge in [0.1, 0.15) is 5.78 Å². The molecule has 0 amide bonds. The van der Waals surface area contributed by atoms with Crippen LogP contribution in [0.25, 0.3) is 0 Å². The fourth-order valence-electron chi connectivity index (χ4n) is 2.13. The Bertz CT molecular complexity index is 718. The molecule has 7 heteroatoms. The topological polar surface area (TPSA) is 69.6 Å². The number of aryl methyl sites for hydroxylation is 1. The maximum absolute atomic E-state index is 13.3. The highest BCUT2D eigenvalue weighted by atomic mass is 31.2. The first-order chi connectivity index (χ1) is 10.3. The first-order valence-corrected chi connectivity index (χ1v) is 8.25. The first kappa shape index (κ1) is 16.8. The molecule has 0 aromatic heterocycles. The maximum Gasteiger partial charge on any atom is 0.346 e. The summed E-state index contributed by atoms with van der Waals surface area (Å²) in [4.78, 5) is 18.9. The van der Waals surface area contributed by atoms with Gasteiger partial charge in [0.25, 0.3) is 0 Å². The molecule has 0 aliphatic rings. The SMILES string of the molecule is Cc1ccccc1CN[C@@H](c1ccc(F)c(F)c1)P(=O)(O)O. The van der Waals surface area contributed by atoms with Crippen molar-refractivity contribution in [3.8, 4) is 0 Å². The molecule has 1 atom stereocenters. The molecule has 2 rings (SSSR count). The van der Waals surface area contributed by atoms with E-state index < -0.39 is 25.0 Å². The van der Waals surface area contributed by atoms with Crippen LogP contribution in [0.3, 0.4) is 0 Å².